The fraction of sp³-hybridized carbons (Fsp3) is 0.348. The van der Waals surface area contributed by atoms with Crippen LogP contribution in [0.15, 0.2) is 41.5 Å². The zero-order valence-corrected chi connectivity index (χ0v) is 18.5. The first-order valence-electron chi connectivity index (χ1n) is 9.97. The van der Waals surface area contributed by atoms with Crippen LogP contribution in [0.5, 0.6) is 23.0 Å². The van der Waals surface area contributed by atoms with E-state index < -0.39 is 17.9 Å². The number of amides is 1. The molecular weight excluding hydrogens is 416 g/mol. The van der Waals surface area contributed by atoms with Gasteiger partial charge in [-0.05, 0) is 24.3 Å². The molecule has 1 N–H and O–H groups in total. The monoisotopic (exact) mass is 442 g/mol. The van der Waals surface area contributed by atoms with Crippen molar-refractivity contribution < 1.29 is 33.6 Å². The average Bonchev–Trinajstić information content (AvgIpc) is 3.26. The van der Waals surface area contributed by atoms with Crippen LogP contribution in [-0.4, -0.2) is 56.1 Å². The van der Waals surface area contributed by atoms with Gasteiger partial charge in [0.05, 0.1) is 46.6 Å². The second-order valence-corrected chi connectivity index (χ2v) is 7.07. The van der Waals surface area contributed by atoms with Gasteiger partial charge in [-0.25, -0.2) is 5.01 Å². The van der Waals surface area contributed by atoms with Crippen molar-refractivity contribution in [2.75, 3.05) is 28.4 Å². The summed E-state index contributed by atoms with van der Waals surface area (Å²) >= 11 is 0. The first-order valence-corrected chi connectivity index (χ1v) is 9.97. The summed E-state index contributed by atoms with van der Waals surface area (Å²) < 4.78 is 21.6. The number of hydrogen-bond acceptors (Lipinski definition) is 7. The van der Waals surface area contributed by atoms with E-state index in [1.807, 2.05) is 12.1 Å². The lowest BCUT2D eigenvalue weighted by Crippen LogP contribution is -2.27. The second-order valence-electron chi connectivity index (χ2n) is 7.07. The molecule has 0 aliphatic carbocycles. The van der Waals surface area contributed by atoms with E-state index in [0.717, 1.165) is 11.1 Å². The highest BCUT2D eigenvalue weighted by Crippen LogP contribution is 2.40. The number of methoxy groups -OCH3 is 4. The Morgan fingerprint density at radius 2 is 1.56 bits per heavy atom. The van der Waals surface area contributed by atoms with Crippen LogP contribution >= 0.6 is 0 Å². The van der Waals surface area contributed by atoms with Crippen LogP contribution in [0.4, 0.5) is 0 Å². The van der Waals surface area contributed by atoms with E-state index >= 15 is 0 Å². The number of ether oxygens (including phenoxy) is 4. The highest BCUT2D eigenvalue weighted by molar-refractivity contribution is 6.05. The summed E-state index contributed by atoms with van der Waals surface area (Å²) in [5.74, 6) is 0.916. The Morgan fingerprint density at radius 3 is 2.16 bits per heavy atom. The molecule has 32 heavy (non-hydrogen) atoms. The smallest absolute Gasteiger partial charge is 0.303 e. The van der Waals surface area contributed by atoms with Gasteiger partial charge in [0.25, 0.3) is 0 Å². The zero-order valence-electron chi connectivity index (χ0n) is 18.5. The minimum atomic E-state index is -1.04. The summed E-state index contributed by atoms with van der Waals surface area (Å²) in [6.07, 6.45) is -0.0521. The fourth-order valence-corrected chi connectivity index (χ4v) is 3.60. The molecule has 9 heteroatoms. The van der Waals surface area contributed by atoms with Crippen LogP contribution in [0.2, 0.25) is 0 Å². The number of nitrogens with zero attached hydrogens (tertiary/aromatic N) is 2. The number of carboxylic acids is 1. The third kappa shape index (κ3) is 4.77. The maximum Gasteiger partial charge on any atom is 0.303 e. The van der Waals surface area contributed by atoms with Gasteiger partial charge in [-0.1, -0.05) is 0 Å². The molecular formula is C23H26N2O7. The lowest BCUT2D eigenvalue weighted by atomic mass is 9.96. The Balaban J connectivity index is 2.03. The Labute approximate surface area is 186 Å². The van der Waals surface area contributed by atoms with Crippen LogP contribution in [0, 0.1) is 0 Å². The van der Waals surface area contributed by atoms with Crippen LogP contribution in [0.1, 0.15) is 36.4 Å². The Kier molecular flexibility index (Phi) is 7.19. The average molecular weight is 442 g/mol. The molecule has 3 rings (SSSR count). The van der Waals surface area contributed by atoms with Crippen molar-refractivity contribution in [3.05, 3.63) is 47.5 Å². The standard InChI is InChI=1S/C23H26N2O7/c1-29-14-5-7-16(20(11-14)31-3)18-13-19(25(24-18)22(26)9-10-23(27)28)17-8-6-15(30-2)12-21(17)32-4/h5-8,11-12,19H,9-10,13H2,1-4H3,(H,27,28)/t19-/m1/s1. The molecule has 0 radical (unpaired) electrons. The van der Waals surface area contributed by atoms with E-state index in [0.29, 0.717) is 35.1 Å². The van der Waals surface area contributed by atoms with Gasteiger partial charge in [-0.15, -0.1) is 0 Å². The van der Waals surface area contributed by atoms with Gasteiger partial charge < -0.3 is 24.1 Å². The molecule has 0 fully saturated rings. The lowest BCUT2D eigenvalue weighted by Gasteiger charge is -2.23. The topological polar surface area (TPSA) is 107 Å². The number of carboxylic acid groups (broad SMARTS) is 1. The summed E-state index contributed by atoms with van der Waals surface area (Å²) in [5, 5.41) is 14.9. The summed E-state index contributed by atoms with van der Waals surface area (Å²) in [6, 6.07) is 10.2. The van der Waals surface area contributed by atoms with Gasteiger partial charge in [-0.2, -0.15) is 5.10 Å². The van der Waals surface area contributed by atoms with Crippen molar-refractivity contribution >= 4 is 17.6 Å². The molecule has 0 saturated carbocycles. The molecule has 1 aliphatic heterocycles. The minimum absolute atomic E-state index is 0.166. The maximum atomic E-state index is 12.9. The largest absolute Gasteiger partial charge is 0.497 e. The third-order valence-electron chi connectivity index (χ3n) is 5.24. The van der Waals surface area contributed by atoms with E-state index in [9.17, 15) is 9.59 Å². The van der Waals surface area contributed by atoms with Crippen LogP contribution in [0.3, 0.4) is 0 Å². The number of carbonyl (C=O) groups excluding carboxylic acids is 1. The van der Waals surface area contributed by atoms with E-state index in [1.165, 1.54) is 12.1 Å². The number of carbonyl (C=O) groups is 2. The van der Waals surface area contributed by atoms with Gasteiger partial charge in [0.1, 0.15) is 23.0 Å². The molecule has 0 bridgehead atoms. The zero-order chi connectivity index (χ0) is 23.3. The third-order valence-corrected chi connectivity index (χ3v) is 5.24. The summed E-state index contributed by atoms with van der Waals surface area (Å²) in [6.45, 7) is 0. The first-order chi connectivity index (χ1) is 15.4. The summed E-state index contributed by atoms with van der Waals surface area (Å²) in [5.41, 5.74) is 2.10. The van der Waals surface area contributed by atoms with Crippen LogP contribution in [0.25, 0.3) is 0 Å². The van der Waals surface area contributed by atoms with E-state index in [2.05, 4.69) is 5.10 Å². The molecule has 2 aromatic carbocycles. The summed E-state index contributed by atoms with van der Waals surface area (Å²) in [7, 11) is 6.21. The van der Waals surface area contributed by atoms with Crippen molar-refractivity contribution in [2.45, 2.75) is 25.3 Å². The molecule has 0 unspecified atom stereocenters. The number of benzene rings is 2. The molecule has 1 aliphatic rings. The predicted molar refractivity (Wildman–Crippen MR) is 117 cm³/mol. The van der Waals surface area contributed by atoms with Crippen LogP contribution in [-0.2, 0) is 9.59 Å². The van der Waals surface area contributed by atoms with Crippen molar-refractivity contribution in [3.8, 4) is 23.0 Å². The quantitative estimate of drug-likeness (QED) is 0.635. The van der Waals surface area contributed by atoms with Crippen molar-refractivity contribution in [2.24, 2.45) is 5.10 Å². The molecule has 2 aromatic rings. The molecule has 0 saturated heterocycles. The van der Waals surface area contributed by atoms with E-state index in [1.54, 1.807) is 45.6 Å². The lowest BCUT2D eigenvalue weighted by molar-refractivity contribution is -0.141. The highest BCUT2D eigenvalue weighted by Gasteiger charge is 2.35. The van der Waals surface area contributed by atoms with Gasteiger partial charge >= 0.3 is 5.97 Å². The predicted octanol–water partition coefficient (Wildman–Crippen LogP) is 3.26. The van der Waals surface area contributed by atoms with Crippen LogP contribution < -0.4 is 18.9 Å². The van der Waals surface area contributed by atoms with Gasteiger partial charge in [0.2, 0.25) is 5.91 Å². The summed E-state index contributed by atoms with van der Waals surface area (Å²) in [4.78, 5) is 23.9. The molecule has 170 valence electrons. The van der Waals surface area contributed by atoms with Crippen molar-refractivity contribution in [3.63, 3.8) is 0 Å². The Morgan fingerprint density at radius 1 is 0.938 bits per heavy atom. The van der Waals surface area contributed by atoms with Gasteiger partial charge in [0.15, 0.2) is 0 Å². The maximum absolute atomic E-state index is 12.9. The Bertz CT molecular complexity index is 1040. The Hall–Kier alpha value is -3.75. The van der Waals surface area contributed by atoms with Gasteiger partial charge in [0, 0.05) is 36.1 Å². The fourth-order valence-electron chi connectivity index (χ4n) is 3.60. The SMILES string of the molecule is COc1ccc(C2=NN(C(=O)CCC(=O)O)[C@@H](c3ccc(OC)cc3OC)C2)c(OC)c1. The van der Waals surface area contributed by atoms with Crippen molar-refractivity contribution in [1.29, 1.82) is 0 Å². The first kappa shape index (κ1) is 22.9. The number of hydrogen-bond donors (Lipinski definition) is 1. The molecule has 1 heterocycles. The van der Waals surface area contributed by atoms with Crippen molar-refractivity contribution in [1.82, 2.24) is 5.01 Å². The molecule has 0 aromatic heterocycles. The number of rotatable bonds is 9. The second kappa shape index (κ2) is 10.0. The molecule has 9 nitrogen and oxygen atoms in total. The molecule has 1 atom stereocenters. The van der Waals surface area contributed by atoms with E-state index in [4.69, 9.17) is 24.1 Å². The number of aliphatic carboxylic acids is 1. The minimum Gasteiger partial charge on any atom is -0.497 e. The molecule has 0 spiro atoms. The number of hydrazone groups is 1. The van der Waals surface area contributed by atoms with Gasteiger partial charge in [-0.3, -0.25) is 9.59 Å². The normalized spacial score (nSPS) is 15.2. The highest BCUT2D eigenvalue weighted by atomic mass is 16.5. The van der Waals surface area contributed by atoms with E-state index in [-0.39, 0.29) is 12.8 Å². The molecule has 1 amide bonds.